The van der Waals surface area contributed by atoms with Crippen molar-refractivity contribution in [2.75, 3.05) is 19.7 Å². The van der Waals surface area contributed by atoms with Crippen LogP contribution in [-0.4, -0.2) is 47.8 Å². The molecule has 1 saturated heterocycles. The molecule has 8 heteroatoms. The van der Waals surface area contributed by atoms with Crippen LogP contribution >= 0.6 is 0 Å². The average molecular weight is 300 g/mol. The number of carboxylic acids is 1. The predicted molar refractivity (Wildman–Crippen MR) is 67.5 cm³/mol. The minimum atomic E-state index is -1.15. The maximum Gasteiger partial charge on any atom is 0.334 e. The predicted octanol–water partition coefficient (Wildman–Crippen LogP) is 0.960. The monoisotopic (exact) mass is 300 g/mol. The SMILES string of the molecule is O=C(O)C1CN(C(=O)NCc2cc(F)ccc2F)CCO1. The summed E-state index contributed by atoms with van der Waals surface area (Å²) in [5.41, 5.74) is 0.0198. The first kappa shape index (κ1) is 15.2. The molecule has 1 unspecified atom stereocenters. The van der Waals surface area contributed by atoms with Gasteiger partial charge in [-0.25, -0.2) is 18.4 Å². The normalized spacial score (nSPS) is 18.4. The van der Waals surface area contributed by atoms with Gasteiger partial charge >= 0.3 is 12.0 Å². The molecule has 0 aliphatic carbocycles. The number of carbonyl (C=O) groups is 2. The Morgan fingerprint density at radius 3 is 2.90 bits per heavy atom. The van der Waals surface area contributed by atoms with E-state index in [9.17, 15) is 18.4 Å². The number of benzene rings is 1. The zero-order chi connectivity index (χ0) is 15.4. The van der Waals surface area contributed by atoms with Crippen LogP contribution in [0.3, 0.4) is 0 Å². The molecular weight excluding hydrogens is 286 g/mol. The van der Waals surface area contributed by atoms with Crippen molar-refractivity contribution in [1.29, 1.82) is 0 Å². The number of nitrogens with one attached hydrogen (secondary N) is 1. The fourth-order valence-electron chi connectivity index (χ4n) is 1.94. The Bertz CT molecular complexity index is 553. The molecule has 1 aromatic carbocycles. The minimum absolute atomic E-state index is 0.0198. The molecular formula is C13H14F2N2O4. The van der Waals surface area contributed by atoms with Crippen molar-refractivity contribution < 1.29 is 28.2 Å². The number of rotatable bonds is 3. The number of hydrogen-bond acceptors (Lipinski definition) is 3. The summed E-state index contributed by atoms with van der Waals surface area (Å²) in [6.45, 7) is 0.0737. The number of urea groups is 1. The fourth-order valence-corrected chi connectivity index (χ4v) is 1.94. The summed E-state index contributed by atoms with van der Waals surface area (Å²) in [7, 11) is 0. The highest BCUT2D eigenvalue weighted by molar-refractivity contribution is 5.77. The fraction of sp³-hybridized carbons (Fsp3) is 0.385. The number of halogens is 2. The summed E-state index contributed by atoms with van der Waals surface area (Å²) >= 11 is 0. The molecule has 1 heterocycles. The van der Waals surface area contributed by atoms with Gasteiger partial charge in [0.1, 0.15) is 11.6 Å². The third kappa shape index (κ3) is 3.88. The third-order valence-corrected chi connectivity index (χ3v) is 3.07. The van der Waals surface area contributed by atoms with Crippen molar-refractivity contribution in [1.82, 2.24) is 10.2 Å². The maximum atomic E-state index is 13.4. The van der Waals surface area contributed by atoms with Crippen LogP contribution in [0, 0.1) is 11.6 Å². The first-order valence-corrected chi connectivity index (χ1v) is 6.28. The molecule has 2 N–H and O–H groups in total. The van der Waals surface area contributed by atoms with Gasteiger partial charge < -0.3 is 20.1 Å². The lowest BCUT2D eigenvalue weighted by atomic mass is 10.2. The second-order valence-corrected chi connectivity index (χ2v) is 4.54. The summed E-state index contributed by atoms with van der Waals surface area (Å²) in [4.78, 5) is 24.0. The molecule has 1 aromatic rings. The molecule has 0 bridgehead atoms. The van der Waals surface area contributed by atoms with Crippen molar-refractivity contribution in [2.45, 2.75) is 12.6 Å². The first-order valence-electron chi connectivity index (χ1n) is 6.28. The second kappa shape index (κ2) is 6.49. The van der Waals surface area contributed by atoms with Gasteiger partial charge in [0.15, 0.2) is 6.10 Å². The standard InChI is InChI=1S/C13H14F2N2O4/c14-9-1-2-10(15)8(5-9)6-16-13(20)17-3-4-21-11(7-17)12(18)19/h1-2,5,11H,3-4,6-7H2,(H,16,20)(H,18,19). The molecule has 2 rings (SSSR count). The lowest BCUT2D eigenvalue weighted by molar-refractivity contribution is -0.154. The van der Waals surface area contributed by atoms with Crippen LogP contribution in [0.25, 0.3) is 0 Å². The largest absolute Gasteiger partial charge is 0.479 e. The number of carbonyl (C=O) groups excluding carboxylic acids is 1. The number of nitrogens with zero attached hydrogens (tertiary/aromatic N) is 1. The van der Waals surface area contributed by atoms with Crippen molar-refractivity contribution in [3.8, 4) is 0 Å². The van der Waals surface area contributed by atoms with E-state index >= 15 is 0 Å². The summed E-state index contributed by atoms with van der Waals surface area (Å²) in [6.07, 6.45) is -1.07. The van der Waals surface area contributed by atoms with Crippen LogP contribution < -0.4 is 5.32 Å². The van der Waals surface area contributed by atoms with Crippen LogP contribution in [0.1, 0.15) is 5.56 Å². The Morgan fingerprint density at radius 2 is 2.19 bits per heavy atom. The lowest BCUT2D eigenvalue weighted by Gasteiger charge is -2.30. The van der Waals surface area contributed by atoms with Gasteiger partial charge in [-0.1, -0.05) is 0 Å². The number of morpholine rings is 1. The first-order chi connectivity index (χ1) is 9.97. The van der Waals surface area contributed by atoms with Gasteiger partial charge in [0.05, 0.1) is 13.2 Å². The van der Waals surface area contributed by atoms with E-state index in [0.717, 1.165) is 18.2 Å². The van der Waals surface area contributed by atoms with Crippen molar-refractivity contribution >= 4 is 12.0 Å². The van der Waals surface area contributed by atoms with Gasteiger partial charge in [-0.3, -0.25) is 0 Å². The highest BCUT2D eigenvalue weighted by Crippen LogP contribution is 2.10. The minimum Gasteiger partial charge on any atom is -0.479 e. The highest BCUT2D eigenvalue weighted by Gasteiger charge is 2.28. The van der Waals surface area contributed by atoms with E-state index in [2.05, 4.69) is 5.32 Å². The molecule has 2 amide bonds. The van der Waals surface area contributed by atoms with Gasteiger partial charge in [0.25, 0.3) is 0 Å². The van der Waals surface area contributed by atoms with Crippen LogP contribution in [0.2, 0.25) is 0 Å². The molecule has 0 radical (unpaired) electrons. The number of ether oxygens (including phenoxy) is 1. The average Bonchev–Trinajstić information content (AvgIpc) is 2.48. The van der Waals surface area contributed by atoms with E-state index in [1.165, 1.54) is 4.90 Å². The number of hydrogen-bond donors (Lipinski definition) is 2. The second-order valence-electron chi connectivity index (χ2n) is 4.54. The van der Waals surface area contributed by atoms with E-state index in [1.807, 2.05) is 0 Å². The van der Waals surface area contributed by atoms with Gasteiger partial charge in [-0.2, -0.15) is 0 Å². The molecule has 0 spiro atoms. The summed E-state index contributed by atoms with van der Waals surface area (Å²) < 4.78 is 31.4. The van der Waals surface area contributed by atoms with Crippen LogP contribution in [0.5, 0.6) is 0 Å². The van der Waals surface area contributed by atoms with E-state index in [4.69, 9.17) is 9.84 Å². The van der Waals surface area contributed by atoms with E-state index in [0.29, 0.717) is 0 Å². The van der Waals surface area contributed by atoms with E-state index in [1.54, 1.807) is 0 Å². The molecule has 1 aliphatic heterocycles. The quantitative estimate of drug-likeness (QED) is 0.871. The summed E-state index contributed by atoms with van der Waals surface area (Å²) in [5.74, 6) is -2.37. The molecule has 114 valence electrons. The van der Waals surface area contributed by atoms with Gasteiger partial charge in [-0.15, -0.1) is 0 Å². The number of aliphatic carboxylic acids is 1. The third-order valence-electron chi connectivity index (χ3n) is 3.07. The van der Waals surface area contributed by atoms with Crippen molar-refractivity contribution in [3.63, 3.8) is 0 Å². The Morgan fingerprint density at radius 1 is 1.43 bits per heavy atom. The van der Waals surface area contributed by atoms with Gasteiger partial charge in [0, 0.05) is 18.7 Å². The Balaban J connectivity index is 1.92. The van der Waals surface area contributed by atoms with E-state index < -0.39 is 29.7 Å². The molecule has 1 atom stereocenters. The molecule has 1 aliphatic rings. The summed E-state index contributed by atoms with van der Waals surface area (Å²) in [6, 6.07) is 2.41. The Kier molecular flexibility index (Phi) is 4.69. The maximum absolute atomic E-state index is 13.4. The lowest BCUT2D eigenvalue weighted by Crippen LogP contribution is -2.51. The molecule has 21 heavy (non-hydrogen) atoms. The van der Waals surface area contributed by atoms with E-state index in [-0.39, 0.29) is 31.8 Å². The molecule has 1 fully saturated rings. The zero-order valence-electron chi connectivity index (χ0n) is 11.0. The molecule has 0 aromatic heterocycles. The van der Waals surface area contributed by atoms with Crippen molar-refractivity contribution in [2.24, 2.45) is 0 Å². The molecule has 0 saturated carbocycles. The molecule has 6 nitrogen and oxygen atoms in total. The van der Waals surface area contributed by atoms with Crippen LogP contribution in [-0.2, 0) is 16.1 Å². The Hall–Kier alpha value is -2.22. The smallest absolute Gasteiger partial charge is 0.334 e. The highest BCUT2D eigenvalue weighted by atomic mass is 19.1. The Labute approximate surface area is 119 Å². The van der Waals surface area contributed by atoms with Gasteiger partial charge in [0.2, 0.25) is 0 Å². The van der Waals surface area contributed by atoms with Crippen LogP contribution in [0.4, 0.5) is 13.6 Å². The number of carboxylic acid groups (broad SMARTS) is 1. The number of amides is 2. The van der Waals surface area contributed by atoms with Crippen molar-refractivity contribution in [3.05, 3.63) is 35.4 Å². The van der Waals surface area contributed by atoms with Crippen LogP contribution in [0.15, 0.2) is 18.2 Å². The summed E-state index contributed by atoms with van der Waals surface area (Å²) in [5, 5.41) is 11.3. The zero-order valence-corrected chi connectivity index (χ0v) is 11.0. The topological polar surface area (TPSA) is 78.9 Å². The van der Waals surface area contributed by atoms with Gasteiger partial charge in [-0.05, 0) is 18.2 Å².